The average Bonchev–Trinajstić information content (AvgIpc) is 2.19. The molecule has 0 unspecified atom stereocenters. The quantitative estimate of drug-likeness (QED) is 0.761. The zero-order valence-corrected chi connectivity index (χ0v) is 10.2. The lowest BCUT2D eigenvalue weighted by Gasteiger charge is -2.23. The summed E-state index contributed by atoms with van der Waals surface area (Å²) in [6, 6.07) is -0.00875. The molecule has 4 heteroatoms. The summed E-state index contributed by atoms with van der Waals surface area (Å²) in [6.45, 7) is 0. The lowest BCUT2D eigenvalue weighted by Crippen LogP contribution is -2.28. The third-order valence-electron chi connectivity index (χ3n) is 3.02. The van der Waals surface area contributed by atoms with Crippen LogP contribution in [0.4, 0.5) is 0 Å². The molecule has 0 aromatic heterocycles. The van der Waals surface area contributed by atoms with Gasteiger partial charge in [-0.15, -0.1) is 12.4 Å². The van der Waals surface area contributed by atoms with E-state index >= 15 is 0 Å². The maximum atomic E-state index is 11.0. The van der Waals surface area contributed by atoms with E-state index < -0.39 is 0 Å². The average molecular weight is 236 g/mol. The van der Waals surface area contributed by atoms with Crippen LogP contribution in [0, 0.1) is 5.92 Å². The lowest BCUT2D eigenvalue weighted by atomic mass is 9.84. The van der Waals surface area contributed by atoms with Crippen LogP contribution in [0.2, 0.25) is 0 Å². The van der Waals surface area contributed by atoms with Gasteiger partial charge in [0.25, 0.3) is 0 Å². The van der Waals surface area contributed by atoms with Gasteiger partial charge in [-0.25, -0.2) is 0 Å². The number of esters is 1. The minimum Gasteiger partial charge on any atom is -0.469 e. The van der Waals surface area contributed by atoms with Crippen LogP contribution >= 0.6 is 12.4 Å². The summed E-state index contributed by atoms with van der Waals surface area (Å²) in [6.07, 6.45) is 7.94. The minimum absolute atomic E-state index is 0. The summed E-state index contributed by atoms with van der Waals surface area (Å²) >= 11 is 0. The number of ether oxygens (including phenoxy) is 1. The van der Waals surface area contributed by atoms with Gasteiger partial charge in [0.15, 0.2) is 0 Å². The van der Waals surface area contributed by atoms with Crippen molar-refractivity contribution in [1.29, 1.82) is 0 Å². The highest BCUT2D eigenvalue weighted by molar-refractivity contribution is 5.85. The molecule has 0 radical (unpaired) electrons. The van der Waals surface area contributed by atoms with Crippen molar-refractivity contribution in [2.45, 2.75) is 51.0 Å². The van der Waals surface area contributed by atoms with Crippen molar-refractivity contribution in [3.8, 4) is 0 Å². The van der Waals surface area contributed by atoms with Crippen LogP contribution in [0.1, 0.15) is 44.9 Å². The molecule has 15 heavy (non-hydrogen) atoms. The van der Waals surface area contributed by atoms with Crippen molar-refractivity contribution >= 4 is 18.4 Å². The highest BCUT2D eigenvalue weighted by Gasteiger charge is 2.18. The molecule has 2 N–H and O–H groups in total. The number of carbonyl (C=O) groups excluding carboxylic acids is 1. The van der Waals surface area contributed by atoms with Crippen molar-refractivity contribution in [3.63, 3.8) is 0 Å². The molecule has 1 aliphatic rings. The second-order valence-corrected chi connectivity index (χ2v) is 4.28. The fraction of sp³-hybridized carbons (Fsp3) is 0.909. The lowest BCUT2D eigenvalue weighted by molar-refractivity contribution is -0.141. The standard InChI is InChI=1S/C11H21NO2.ClH/c1-14-11(13)8-10(12)7-9-5-3-2-4-6-9;/h9-10H,2-8,12H2,1H3;1H/t10-;/m0./s1. The van der Waals surface area contributed by atoms with E-state index in [1.54, 1.807) is 0 Å². The van der Waals surface area contributed by atoms with Gasteiger partial charge >= 0.3 is 5.97 Å². The number of nitrogens with two attached hydrogens (primary N) is 1. The van der Waals surface area contributed by atoms with E-state index in [1.165, 1.54) is 39.2 Å². The van der Waals surface area contributed by atoms with Gasteiger partial charge in [0.05, 0.1) is 13.5 Å². The zero-order chi connectivity index (χ0) is 10.4. The van der Waals surface area contributed by atoms with E-state index in [0.29, 0.717) is 6.42 Å². The van der Waals surface area contributed by atoms with Gasteiger partial charge in [0.1, 0.15) is 0 Å². The largest absolute Gasteiger partial charge is 0.469 e. The van der Waals surface area contributed by atoms with Gasteiger partial charge in [-0.3, -0.25) is 4.79 Å². The first kappa shape index (κ1) is 14.7. The molecule has 1 aliphatic carbocycles. The summed E-state index contributed by atoms with van der Waals surface area (Å²) < 4.78 is 4.59. The van der Waals surface area contributed by atoms with E-state index in [2.05, 4.69) is 4.74 Å². The molecule has 1 rings (SSSR count). The van der Waals surface area contributed by atoms with Crippen LogP contribution in [0.15, 0.2) is 0 Å². The molecule has 1 atom stereocenters. The Morgan fingerprint density at radius 2 is 2.00 bits per heavy atom. The van der Waals surface area contributed by atoms with Crippen molar-refractivity contribution in [2.75, 3.05) is 7.11 Å². The van der Waals surface area contributed by atoms with Crippen molar-refractivity contribution in [2.24, 2.45) is 11.7 Å². The summed E-state index contributed by atoms with van der Waals surface area (Å²) in [4.78, 5) is 11.0. The number of halogens is 1. The van der Waals surface area contributed by atoms with Crippen LogP contribution in [0.5, 0.6) is 0 Å². The zero-order valence-electron chi connectivity index (χ0n) is 9.41. The molecule has 0 aromatic rings. The Morgan fingerprint density at radius 3 is 2.53 bits per heavy atom. The molecule has 3 nitrogen and oxygen atoms in total. The number of hydrogen-bond donors (Lipinski definition) is 1. The van der Waals surface area contributed by atoms with E-state index in [1.807, 2.05) is 0 Å². The summed E-state index contributed by atoms with van der Waals surface area (Å²) in [7, 11) is 1.41. The molecular weight excluding hydrogens is 214 g/mol. The van der Waals surface area contributed by atoms with Crippen molar-refractivity contribution < 1.29 is 9.53 Å². The molecule has 1 saturated carbocycles. The fourth-order valence-corrected chi connectivity index (χ4v) is 2.23. The second-order valence-electron chi connectivity index (χ2n) is 4.28. The van der Waals surface area contributed by atoms with Gasteiger partial charge < -0.3 is 10.5 Å². The number of carbonyl (C=O) groups is 1. The molecule has 0 spiro atoms. The normalized spacial score (nSPS) is 19.1. The highest BCUT2D eigenvalue weighted by Crippen LogP contribution is 2.27. The topological polar surface area (TPSA) is 52.3 Å². The van der Waals surface area contributed by atoms with Gasteiger partial charge in [-0.05, 0) is 12.3 Å². The number of methoxy groups -OCH3 is 1. The first-order valence-electron chi connectivity index (χ1n) is 5.54. The predicted octanol–water partition coefficient (Wildman–Crippen LogP) is 2.27. The highest BCUT2D eigenvalue weighted by atomic mass is 35.5. The van der Waals surface area contributed by atoms with Crippen LogP contribution in [-0.4, -0.2) is 19.1 Å². The molecule has 0 heterocycles. The first-order chi connectivity index (χ1) is 6.72. The van der Waals surface area contributed by atoms with Crippen LogP contribution < -0.4 is 5.73 Å². The Hall–Kier alpha value is -0.280. The van der Waals surface area contributed by atoms with Crippen molar-refractivity contribution in [3.05, 3.63) is 0 Å². The predicted molar refractivity (Wildman–Crippen MR) is 63.0 cm³/mol. The Bertz CT molecular complexity index is 181. The van der Waals surface area contributed by atoms with E-state index in [0.717, 1.165) is 12.3 Å². The Labute approximate surface area is 98.2 Å². The fourth-order valence-electron chi connectivity index (χ4n) is 2.23. The molecule has 0 bridgehead atoms. The van der Waals surface area contributed by atoms with Gasteiger partial charge in [0, 0.05) is 6.04 Å². The van der Waals surface area contributed by atoms with Crippen LogP contribution in [-0.2, 0) is 9.53 Å². The Balaban J connectivity index is 0.00000196. The first-order valence-corrected chi connectivity index (χ1v) is 5.54. The third kappa shape index (κ3) is 6.00. The maximum Gasteiger partial charge on any atom is 0.307 e. The van der Waals surface area contributed by atoms with E-state index in [4.69, 9.17) is 5.73 Å². The molecule has 0 saturated heterocycles. The molecule has 0 aromatic carbocycles. The minimum atomic E-state index is -0.187. The molecule has 0 amide bonds. The van der Waals surface area contributed by atoms with Gasteiger partial charge in [-0.2, -0.15) is 0 Å². The van der Waals surface area contributed by atoms with Crippen LogP contribution in [0.3, 0.4) is 0 Å². The molecule has 1 fully saturated rings. The molecular formula is C11H22ClNO2. The maximum absolute atomic E-state index is 11.0. The summed E-state index contributed by atoms with van der Waals surface area (Å²) in [5.74, 6) is 0.553. The smallest absolute Gasteiger partial charge is 0.307 e. The Morgan fingerprint density at radius 1 is 1.40 bits per heavy atom. The SMILES string of the molecule is COC(=O)C[C@@H](N)CC1CCCCC1.Cl. The van der Waals surface area contributed by atoms with Crippen LogP contribution in [0.25, 0.3) is 0 Å². The summed E-state index contributed by atoms with van der Waals surface area (Å²) in [5, 5.41) is 0. The van der Waals surface area contributed by atoms with Gasteiger partial charge in [-0.1, -0.05) is 32.1 Å². The van der Waals surface area contributed by atoms with Gasteiger partial charge in [0.2, 0.25) is 0 Å². The second kappa shape index (κ2) is 7.94. The van der Waals surface area contributed by atoms with Crippen molar-refractivity contribution in [1.82, 2.24) is 0 Å². The number of rotatable bonds is 4. The molecule has 90 valence electrons. The Kier molecular flexibility index (Phi) is 7.79. The summed E-state index contributed by atoms with van der Waals surface area (Å²) in [5.41, 5.74) is 5.88. The van der Waals surface area contributed by atoms with E-state index in [-0.39, 0.29) is 24.4 Å². The molecule has 0 aliphatic heterocycles. The monoisotopic (exact) mass is 235 g/mol. The third-order valence-corrected chi connectivity index (χ3v) is 3.02. The number of hydrogen-bond acceptors (Lipinski definition) is 3. The van der Waals surface area contributed by atoms with E-state index in [9.17, 15) is 4.79 Å².